The molecule has 1 fully saturated rings. The highest BCUT2D eigenvalue weighted by atomic mass is 19.1. The first-order valence-electron chi connectivity index (χ1n) is 10.7. The lowest BCUT2D eigenvalue weighted by Gasteiger charge is -2.29. The monoisotopic (exact) mass is 421 g/mol. The molecule has 0 spiro atoms. The van der Waals surface area contributed by atoms with Crippen molar-refractivity contribution < 1.29 is 18.3 Å². The molecule has 31 heavy (non-hydrogen) atoms. The topological polar surface area (TPSA) is 42.2 Å². The van der Waals surface area contributed by atoms with Gasteiger partial charge in [0.05, 0.1) is 18.8 Å². The average Bonchev–Trinajstić information content (AvgIpc) is 2.79. The molecule has 0 amide bonds. The highest BCUT2D eigenvalue weighted by molar-refractivity contribution is 5.84. The Kier molecular flexibility index (Phi) is 6.60. The van der Waals surface area contributed by atoms with Crippen LogP contribution in [0.4, 0.5) is 8.78 Å². The maximum atomic E-state index is 15.1. The molecule has 0 unspecified atom stereocenters. The second-order valence-corrected chi connectivity index (χ2v) is 8.10. The maximum absolute atomic E-state index is 15.1. The summed E-state index contributed by atoms with van der Waals surface area (Å²) >= 11 is 0. The van der Waals surface area contributed by atoms with E-state index in [0.29, 0.717) is 42.9 Å². The smallest absolute Gasteiger partial charge is 0.183 e. The van der Waals surface area contributed by atoms with Crippen LogP contribution in [0.2, 0.25) is 0 Å². The summed E-state index contributed by atoms with van der Waals surface area (Å²) in [6, 6.07) is 15.6. The van der Waals surface area contributed by atoms with Gasteiger partial charge in [-0.25, -0.2) is 8.78 Å². The van der Waals surface area contributed by atoms with Crippen LogP contribution in [0.25, 0.3) is 10.8 Å². The molecule has 1 aliphatic rings. The number of rotatable bonds is 6. The number of ether oxygens (including phenoxy) is 2. The van der Waals surface area contributed by atoms with Gasteiger partial charge in [-0.2, -0.15) is 5.26 Å². The molecule has 0 bridgehead atoms. The van der Waals surface area contributed by atoms with E-state index in [0.717, 1.165) is 29.4 Å². The van der Waals surface area contributed by atoms with Gasteiger partial charge in [0.15, 0.2) is 6.29 Å². The molecule has 1 aliphatic heterocycles. The Balaban J connectivity index is 1.47. The Labute approximate surface area is 181 Å². The van der Waals surface area contributed by atoms with Gasteiger partial charge in [0, 0.05) is 16.9 Å². The normalized spacial score (nSPS) is 18.8. The van der Waals surface area contributed by atoms with E-state index in [4.69, 9.17) is 14.7 Å². The van der Waals surface area contributed by atoms with Crippen molar-refractivity contribution in [3.8, 4) is 6.07 Å². The van der Waals surface area contributed by atoms with Gasteiger partial charge in [-0.3, -0.25) is 0 Å². The van der Waals surface area contributed by atoms with E-state index < -0.39 is 12.1 Å². The molecule has 0 radical (unpaired) electrons. The Morgan fingerprint density at radius 3 is 2.52 bits per heavy atom. The van der Waals surface area contributed by atoms with Crippen LogP contribution in [0.3, 0.4) is 0 Å². The van der Waals surface area contributed by atoms with Crippen LogP contribution in [-0.2, 0) is 22.3 Å². The molecular weight excluding hydrogens is 396 g/mol. The third kappa shape index (κ3) is 4.76. The number of nitrogens with zero attached hydrogens (tertiary/aromatic N) is 1. The van der Waals surface area contributed by atoms with Gasteiger partial charge >= 0.3 is 0 Å². The molecule has 1 heterocycles. The summed E-state index contributed by atoms with van der Waals surface area (Å²) < 4.78 is 40.7. The number of fused-ring (bicyclic) bond motifs is 1. The number of halogens is 2. The van der Waals surface area contributed by atoms with E-state index in [1.165, 1.54) is 12.1 Å². The molecule has 0 atom stereocenters. The quantitative estimate of drug-likeness (QED) is 0.473. The van der Waals surface area contributed by atoms with Crippen LogP contribution in [0.15, 0.2) is 48.5 Å². The van der Waals surface area contributed by atoms with Crippen molar-refractivity contribution in [1.29, 1.82) is 5.26 Å². The highest BCUT2D eigenvalue weighted by Gasteiger charge is 2.23. The zero-order valence-electron chi connectivity index (χ0n) is 17.5. The van der Waals surface area contributed by atoms with Crippen molar-refractivity contribution in [1.82, 2.24) is 0 Å². The number of hydrogen-bond acceptors (Lipinski definition) is 3. The number of nitriles is 1. The van der Waals surface area contributed by atoms with Crippen LogP contribution < -0.4 is 0 Å². The molecule has 1 saturated heterocycles. The predicted octanol–water partition coefficient (Wildman–Crippen LogP) is 6.24. The van der Waals surface area contributed by atoms with Crippen LogP contribution in [0.1, 0.15) is 48.3 Å². The first kappa shape index (κ1) is 21.4. The summed E-state index contributed by atoms with van der Waals surface area (Å²) in [5, 5.41) is 10.2. The third-order valence-electron chi connectivity index (χ3n) is 5.83. The Morgan fingerprint density at radius 1 is 1.00 bits per heavy atom. The summed E-state index contributed by atoms with van der Waals surface area (Å²) in [6.45, 7) is 3.51. The van der Waals surface area contributed by atoms with Crippen LogP contribution >= 0.6 is 0 Å². The Bertz CT molecular complexity index is 1110. The minimum Gasteiger partial charge on any atom is -0.348 e. The summed E-state index contributed by atoms with van der Waals surface area (Å²) in [7, 11) is 0. The summed E-state index contributed by atoms with van der Waals surface area (Å²) in [6.07, 6.45) is 2.73. The van der Waals surface area contributed by atoms with E-state index >= 15 is 4.39 Å². The van der Waals surface area contributed by atoms with E-state index in [1.54, 1.807) is 18.2 Å². The zero-order chi connectivity index (χ0) is 21.8. The van der Waals surface area contributed by atoms with Crippen molar-refractivity contribution in [2.24, 2.45) is 5.92 Å². The fraction of sp³-hybridized carbons (Fsp3) is 0.346. The minimum atomic E-state index is -0.542. The first-order valence-corrected chi connectivity index (χ1v) is 10.7. The summed E-state index contributed by atoms with van der Waals surface area (Å²) in [4.78, 5) is 0. The van der Waals surface area contributed by atoms with E-state index in [2.05, 4.69) is 6.92 Å². The molecule has 0 saturated carbocycles. The average molecular weight is 421 g/mol. The molecule has 3 aromatic rings. The molecule has 0 aromatic heterocycles. The Hall–Kier alpha value is -2.81. The second-order valence-electron chi connectivity index (χ2n) is 8.10. The van der Waals surface area contributed by atoms with Gasteiger partial charge in [-0.05, 0) is 54.0 Å². The van der Waals surface area contributed by atoms with E-state index in [9.17, 15) is 4.39 Å². The van der Waals surface area contributed by atoms with Gasteiger partial charge in [0.1, 0.15) is 17.7 Å². The highest BCUT2D eigenvalue weighted by Crippen LogP contribution is 2.30. The summed E-state index contributed by atoms with van der Waals surface area (Å²) in [5.41, 5.74) is 2.22. The zero-order valence-corrected chi connectivity index (χ0v) is 17.5. The largest absolute Gasteiger partial charge is 0.348 e. The van der Waals surface area contributed by atoms with Crippen LogP contribution in [-0.4, -0.2) is 13.2 Å². The molecule has 3 aromatic carbocycles. The molecule has 4 rings (SSSR count). The molecule has 0 aliphatic carbocycles. The van der Waals surface area contributed by atoms with Crippen molar-refractivity contribution in [3.63, 3.8) is 0 Å². The molecule has 5 heteroatoms. The standard InChI is InChI=1S/C26H25F2NO2/c1-2-3-18-15-30-26(31-16-18)21-10-11-23-20(13-21)9-8-19(25(23)28)6-4-17-5-7-22(14-29)24(27)12-17/h5,7-13,18,26H,2-4,6,15-16H2,1H3. The van der Waals surface area contributed by atoms with Crippen molar-refractivity contribution in [2.75, 3.05) is 13.2 Å². The van der Waals surface area contributed by atoms with E-state index in [1.807, 2.05) is 24.3 Å². The lowest BCUT2D eigenvalue weighted by atomic mass is 9.98. The number of hydrogen-bond donors (Lipinski definition) is 0. The van der Waals surface area contributed by atoms with E-state index in [-0.39, 0.29) is 11.4 Å². The molecule has 3 nitrogen and oxygen atoms in total. The predicted molar refractivity (Wildman–Crippen MR) is 115 cm³/mol. The molecule has 0 N–H and O–H groups in total. The third-order valence-corrected chi connectivity index (χ3v) is 5.83. The first-order chi connectivity index (χ1) is 15.1. The van der Waals surface area contributed by atoms with Crippen molar-refractivity contribution in [3.05, 3.63) is 82.4 Å². The van der Waals surface area contributed by atoms with Crippen molar-refractivity contribution in [2.45, 2.75) is 38.9 Å². The van der Waals surface area contributed by atoms with Crippen molar-refractivity contribution >= 4 is 10.8 Å². The van der Waals surface area contributed by atoms with Crippen LogP contribution in [0, 0.1) is 28.9 Å². The van der Waals surface area contributed by atoms with Gasteiger partial charge in [0.25, 0.3) is 0 Å². The minimum absolute atomic E-state index is 0.0169. The SMILES string of the molecule is CCCC1COC(c2ccc3c(F)c(CCc4ccc(C#N)c(F)c4)ccc3c2)OC1. The summed E-state index contributed by atoms with van der Waals surface area (Å²) in [5.74, 6) is -0.363. The molecular formula is C26H25F2NO2. The fourth-order valence-corrected chi connectivity index (χ4v) is 4.09. The lowest BCUT2D eigenvalue weighted by molar-refractivity contribution is -0.206. The van der Waals surface area contributed by atoms with Gasteiger partial charge in [0.2, 0.25) is 0 Å². The Morgan fingerprint density at radius 2 is 1.81 bits per heavy atom. The van der Waals surface area contributed by atoms with Gasteiger partial charge in [-0.15, -0.1) is 0 Å². The van der Waals surface area contributed by atoms with Gasteiger partial charge in [-0.1, -0.05) is 43.7 Å². The maximum Gasteiger partial charge on any atom is 0.183 e. The van der Waals surface area contributed by atoms with Crippen LogP contribution in [0.5, 0.6) is 0 Å². The molecule has 160 valence electrons. The fourth-order valence-electron chi connectivity index (χ4n) is 4.09. The lowest BCUT2D eigenvalue weighted by Crippen LogP contribution is -2.26. The second kappa shape index (κ2) is 9.55. The number of aryl methyl sites for hydroxylation is 2. The number of benzene rings is 3. The van der Waals surface area contributed by atoms with Gasteiger partial charge < -0.3 is 9.47 Å².